The molecular weight excluding hydrogens is 152 g/mol. The molecule has 9 heavy (non-hydrogen) atoms. The summed E-state index contributed by atoms with van der Waals surface area (Å²) in [7, 11) is 0. The minimum atomic E-state index is 0.751. The summed E-state index contributed by atoms with van der Waals surface area (Å²) in [5, 5.41) is 0.751. The van der Waals surface area contributed by atoms with Gasteiger partial charge in [0, 0.05) is 5.02 Å². The van der Waals surface area contributed by atoms with Crippen LogP contribution in [-0.4, -0.2) is 0 Å². The van der Waals surface area contributed by atoms with Crippen molar-refractivity contribution in [2.75, 3.05) is 0 Å². The van der Waals surface area contributed by atoms with E-state index >= 15 is 0 Å². The fourth-order valence-electron chi connectivity index (χ4n) is 0.613. The van der Waals surface area contributed by atoms with Crippen LogP contribution in [-0.2, 0) is 12.6 Å². The molecule has 0 atom stereocenters. The molecule has 0 heterocycles. The molecule has 1 rings (SSSR count). The van der Waals surface area contributed by atoms with Crippen LogP contribution in [0.2, 0.25) is 5.02 Å². The van der Waals surface area contributed by atoms with Crippen LogP contribution in [0.25, 0.3) is 0 Å². The van der Waals surface area contributed by atoms with E-state index in [9.17, 15) is 0 Å². The normalized spacial score (nSPS) is 9.56. The van der Waals surface area contributed by atoms with E-state index in [1.165, 1.54) is 0 Å². The van der Waals surface area contributed by atoms with Gasteiger partial charge in [0.2, 0.25) is 0 Å². The van der Waals surface area contributed by atoms with Gasteiger partial charge >= 0.3 is 0 Å². The minimum Gasteiger partial charge on any atom is -0.779 e. The Morgan fingerprint density at radius 1 is 1.44 bits per heavy atom. The van der Waals surface area contributed by atoms with Crippen molar-refractivity contribution in [2.24, 2.45) is 0 Å². The van der Waals surface area contributed by atoms with Crippen molar-refractivity contribution in [3.8, 4) is 0 Å². The van der Waals surface area contributed by atoms with E-state index < -0.39 is 0 Å². The quantitative estimate of drug-likeness (QED) is 0.522. The Kier molecular flexibility index (Phi) is 1.94. The van der Waals surface area contributed by atoms with Crippen LogP contribution in [0.15, 0.2) is 23.1 Å². The fourth-order valence-corrected chi connectivity index (χ4v) is 0.966. The van der Waals surface area contributed by atoms with Crippen molar-refractivity contribution in [2.45, 2.75) is 11.8 Å². The molecule has 0 aromatic heterocycles. The van der Waals surface area contributed by atoms with Crippen LogP contribution in [0.1, 0.15) is 5.56 Å². The minimum absolute atomic E-state index is 0.751. The molecule has 0 spiro atoms. The predicted molar refractivity (Wildman–Crippen MR) is 41.8 cm³/mol. The Bertz CT molecular complexity index is 220. The second kappa shape index (κ2) is 2.54. The molecule has 0 radical (unpaired) electrons. The standard InChI is InChI=1S/C7H7ClS/c1-5-4-6(8)2-3-7(5)9/h2-4,9H,1H3/p-1. The van der Waals surface area contributed by atoms with E-state index in [0.717, 1.165) is 15.5 Å². The van der Waals surface area contributed by atoms with Gasteiger partial charge in [-0.2, -0.15) is 4.90 Å². The predicted octanol–water partition coefficient (Wildman–Crippen LogP) is 2.55. The first kappa shape index (κ1) is 6.84. The maximum absolute atomic E-state index is 5.67. The lowest BCUT2D eigenvalue weighted by Crippen LogP contribution is -1.76. The highest BCUT2D eigenvalue weighted by molar-refractivity contribution is 7.58. The first-order valence-electron chi connectivity index (χ1n) is 2.63. The zero-order valence-electron chi connectivity index (χ0n) is 5.02. The van der Waals surface area contributed by atoms with Crippen molar-refractivity contribution in [3.63, 3.8) is 0 Å². The van der Waals surface area contributed by atoms with Gasteiger partial charge in [-0.25, -0.2) is 0 Å². The summed E-state index contributed by atoms with van der Waals surface area (Å²) in [4.78, 5) is 0.874. The zero-order chi connectivity index (χ0) is 6.85. The topological polar surface area (TPSA) is 0 Å². The van der Waals surface area contributed by atoms with Gasteiger partial charge in [0.15, 0.2) is 0 Å². The third-order valence-electron chi connectivity index (χ3n) is 1.14. The van der Waals surface area contributed by atoms with Gasteiger partial charge in [-0.15, -0.1) is 0 Å². The summed E-state index contributed by atoms with van der Waals surface area (Å²) in [6.07, 6.45) is 0. The molecule has 0 unspecified atom stereocenters. The maximum Gasteiger partial charge on any atom is 0.0407 e. The van der Waals surface area contributed by atoms with Crippen LogP contribution >= 0.6 is 11.6 Å². The van der Waals surface area contributed by atoms with Gasteiger partial charge in [-0.05, 0) is 19.1 Å². The first-order chi connectivity index (χ1) is 4.20. The summed E-state index contributed by atoms with van der Waals surface area (Å²) < 4.78 is 0. The molecule has 0 aliphatic carbocycles. The summed E-state index contributed by atoms with van der Waals surface area (Å²) >= 11 is 10.6. The van der Waals surface area contributed by atoms with Crippen LogP contribution in [0.5, 0.6) is 0 Å². The van der Waals surface area contributed by atoms with E-state index in [4.69, 9.17) is 24.2 Å². The maximum atomic E-state index is 5.67. The first-order valence-corrected chi connectivity index (χ1v) is 3.42. The van der Waals surface area contributed by atoms with Crippen molar-refractivity contribution in [1.82, 2.24) is 0 Å². The lowest BCUT2D eigenvalue weighted by molar-refractivity contribution is 1.31. The molecule has 0 aliphatic rings. The van der Waals surface area contributed by atoms with Crippen molar-refractivity contribution in [1.29, 1.82) is 0 Å². The van der Waals surface area contributed by atoms with Crippen LogP contribution < -0.4 is 0 Å². The molecule has 0 aliphatic heterocycles. The molecule has 0 saturated heterocycles. The summed E-state index contributed by atoms with van der Waals surface area (Å²) in [6, 6.07) is 5.51. The highest BCUT2D eigenvalue weighted by Gasteiger charge is 1.85. The largest absolute Gasteiger partial charge is 0.779 e. The summed E-state index contributed by atoms with van der Waals surface area (Å²) in [5.41, 5.74) is 1.07. The number of hydrogen-bond donors (Lipinski definition) is 0. The lowest BCUT2D eigenvalue weighted by Gasteiger charge is -2.08. The van der Waals surface area contributed by atoms with Crippen LogP contribution in [0.4, 0.5) is 0 Å². The Morgan fingerprint density at radius 3 is 2.56 bits per heavy atom. The molecule has 0 bridgehead atoms. The smallest absolute Gasteiger partial charge is 0.0407 e. The van der Waals surface area contributed by atoms with E-state index in [1.807, 2.05) is 19.1 Å². The Labute approximate surface area is 65.3 Å². The van der Waals surface area contributed by atoms with Gasteiger partial charge in [0.05, 0.1) is 0 Å². The average molecular weight is 158 g/mol. The van der Waals surface area contributed by atoms with Gasteiger partial charge in [0.1, 0.15) is 0 Å². The van der Waals surface area contributed by atoms with E-state index in [-0.39, 0.29) is 0 Å². The number of aryl methyl sites for hydroxylation is 1. The molecule has 0 fully saturated rings. The van der Waals surface area contributed by atoms with E-state index in [1.54, 1.807) is 6.07 Å². The van der Waals surface area contributed by atoms with Gasteiger partial charge in [0.25, 0.3) is 0 Å². The number of benzene rings is 1. The van der Waals surface area contributed by atoms with Crippen molar-refractivity contribution >= 4 is 24.2 Å². The Balaban J connectivity index is 3.17. The Hall–Kier alpha value is -0.270. The van der Waals surface area contributed by atoms with Crippen molar-refractivity contribution < 1.29 is 0 Å². The molecule has 48 valence electrons. The number of hydrogen-bond acceptors (Lipinski definition) is 1. The van der Waals surface area contributed by atoms with Gasteiger partial charge in [-0.1, -0.05) is 23.2 Å². The number of rotatable bonds is 0. The SMILES string of the molecule is Cc1cc(Cl)ccc1[S-]. The molecule has 0 N–H and O–H groups in total. The summed E-state index contributed by atoms with van der Waals surface area (Å²) in [6.45, 7) is 1.95. The van der Waals surface area contributed by atoms with Gasteiger partial charge in [-0.3, -0.25) is 0 Å². The molecule has 1 aromatic rings. The lowest BCUT2D eigenvalue weighted by atomic mass is 10.2. The van der Waals surface area contributed by atoms with Crippen molar-refractivity contribution in [3.05, 3.63) is 28.8 Å². The average Bonchev–Trinajstić information content (AvgIpc) is 1.80. The zero-order valence-corrected chi connectivity index (χ0v) is 6.59. The highest BCUT2D eigenvalue weighted by Crippen LogP contribution is 2.13. The second-order valence-electron chi connectivity index (χ2n) is 1.91. The third-order valence-corrected chi connectivity index (χ3v) is 1.83. The fraction of sp³-hybridized carbons (Fsp3) is 0.143. The third kappa shape index (κ3) is 1.57. The molecule has 0 saturated carbocycles. The number of halogens is 1. The molecule has 1 aromatic carbocycles. The van der Waals surface area contributed by atoms with Gasteiger partial charge < -0.3 is 12.6 Å². The Morgan fingerprint density at radius 2 is 2.11 bits per heavy atom. The summed E-state index contributed by atoms with van der Waals surface area (Å²) in [5.74, 6) is 0. The van der Waals surface area contributed by atoms with Crippen LogP contribution in [0, 0.1) is 6.92 Å². The molecule has 2 heteroatoms. The molecule has 0 amide bonds. The van der Waals surface area contributed by atoms with E-state index in [2.05, 4.69) is 0 Å². The molecular formula is C7H6ClS-. The monoisotopic (exact) mass is 157 g/mol. The second-order valence-corrected chi connectivity index (χ2v) is 2.79. The van der Waals surface area contributed by atoms with E-state index in [0.29, 0.717) is 0 Å². The highest BCUT2D eigenvalue weighted by atomic mass is 35.5. The molecule has 0 nitrogen and oxygen atoms in total. The van der Waals surface area contributed by atoms with Crippen LogP contribution in [0.3, 0.4) is 0 Å².